The summed E-state index contributed by atoms with van der Waals surface area (Å²) in [5.74, 6) is -0.302. The van der Waals surface area contributed by atoms with E-state index in [0.717, 1.165) is 24.0 Å². The fourth-order valence-corrected chi connectivity index (χ4v) is 3.61. The highest BCUT2D eigenvalue weighted by atomic mass is 32.1. The minimum atomic E-state index is -0.395. The van der Waals surface area contributed by atoms with Crippen molar-refractivity contribution < 1.29 is 9.59 Å². The number of carbonyl (C=O) groups is 2. The molecule has 0 heterocycles. The number of primary amides is 1. The van der Waals surface area contributed by atoms with E-state index in [9.17, 15) is 9.59 Å². The molecule has 0 aromatic heterocycles. The van der Waals surface area contributed by atoms with Crippen molar-refractivity contribution in [2.45, 2.75) is 46.0 Å². The summed E-state index contributed by atoms with van der Waals surface area (Å²) in [6.45, 7) is 7.21. The number of rotatable bonds is 10. The third kappa shape index (κ3) is 8.50. The van der Waals surface area contributed by atoms with Crippen LogP contribution in [0.2, 0.25) is 0 Å². The molecule has 1 unspecified atom stereocenters. The minimum absolute atomic E-state index is 0.162. The second-order valence-corrected chi connectivity index (χ2v) is 8.68. The third-order valence-corrected chi connectivity index (χ3v) is 5.54. The largest absolute Gasteiger partial charge is 0.370 e. The lowest BCUT2D eigenvalue weighted by molar-refractivity contribution is -0.121. The number of thiocarbonyl (C=S) groups is 1. The number of nitrogens with two attached hydrogens (primary N) is 1. The fraction of sp³-hybridized carbons (Fsp3) is 0.400. The first-order chi connectivity index (χ1) is 14.8. The van der Waals surface area contributed by atoms with E-state index in [2.05, 4.69) is 31.3 Å². The lowest BCUT2D eigenvalue weighted by Crippen LogP contribution is -2.45. The van der Waals surface area contributed by atoms with E-state index in [4.69, 9.17) is 18.0 Å². The Labute approximate surface area is 191 Å². The molecule has 0 aliphatic heterocycles. The van der Waals surface area contributed by atoms with Gasteiger partial charge in [0.25, 0.3) is 0 Å². The predicted molar refractivity (Wildman–Crippen MR) is 130 cm³/mol. The standard InChI is InChI=1S/C25H33N3O2S/c1-18(2)17-21-9-11-22(12-10-21)19(3)24(30)27-25(31)28(16-14-23(26)29)15-13-20-7-5-4-6-8-20/h4-12,18-19H,13-17H2,1-3H3,(H2,26,29)(H,27,30,31). The van der Waals surface area contributed by atoms with Crippen LogP contribution in [0, 0.1) is 5.92 Å². The molecular formula is C25H33N3O2S. The second kappa shape index (κ2) is 12.2. The molecule has 0 radical (unpaired) electrons. The molecule has 31 heavy (non-hydrogen) atoms. The van der Waals surface area contributed by atoms with Gasteiger partial charge in [-0.25, -0.2) is 0 Å². The highest BCUT2D eigenvalue weighted by Gasteiger charge is 2.19. The molecule has 6 heteroatoms. The van der Waals surface area contributed by atoms with E-state index in [0.29, 0.717) is 24.1 Å². The fourth-order valence-electron chi connectivity index (χ4n) is 3.33. The van der Waals surface area contributed by atoms with Crippen molar-refractivity contribution in [3.8, 4) is 0 Å². The number of nitrogens with zero attached hydrogens (tertiary/aromatic N) is 1. The number of nitrogens with one attached hydrogen (secondary N) is 1. The first-order valence-electron chi connectivity index (χ1n) is 10.8. The smallest absolute Gasteiger partial charge is 0.233 e. The van der Waals surface area contributed by atoms with Crippen LogP contribution in [0.1, 0.15) is 49.8 Å². The van der Waals surface area contributed by atoms with Gasteiger partial charge in [0.15, 0.2) is 5.11 Å². The summed E-state index contributed by atoms with van der Waals surface area (Å²) in [5.41, 5.74) is 8.69. The Bertz CT molecular complexity index is 866. The van der Waals surface area contributed by atoms with Gasteiger partial charge < -0.3 is 16.0 Å². The monoisotopic (exact) mass is 439 g/mol. The Hall–Kier alpha value is -2.73. The minimum Gasteiger partial charge on any atom is -0.370 e. The first kappa shape index (κ1) is 24.5. The Morgan fingerprint density at radius 3 is 2.19 bits per heavy atom. The van der Waals surface area contributed by atoms with Gasteiger partial charge in [0, 0.05) is 19.5 Å². The lowest BCUT2D eigenvalue weighted by atomic mass is 9.96. The lowest BCUT2D eigenvalue weighted by Gasteiger charge is -2.26. The van der Waals surface area contributed by atoms with Gasteiger partial charge in [-0.3, -0.25) is 9.59 Å². The number of hydrogen-bond donors (Lipinski definition) is 2. The van der Waals surface area contributed by atoms with Gasteiger partial charge in [-0.05, 0) is 54.6 Å². The van der Waals surface area contributed by atoms with Crippen LogP contribution in [-0.2, 0) is 22.4 Å². The zero-order valence-electron chi connectivity index (χ0n) is 18.6. The van der Waals surface area contributed by atoms with Crippen LogP contribution in [-0.4, -0.2) is 34.9 Å². The van der Waals surface area contributed by atoms with Gasteiger partial charge in [0.05, 0.1) is 5.92 Å². The van der Waals surface area contributed by atoms with Gasteiger partial charge in [0.2, 0.25) is 11.8 Å². The maximum atomic E-state index is 12.8. The molecule has 0 aliphatic carbocycles. The number of amides is 2. The van der Waals surface area contributed by atoms with E-state index >= 15 is 0 Å². The zero-order chi connectivity index (χ0) is 22.8. The summed E-state index contributed by atoms with van der Waals surface area (Å²) in [5, 5.41) is 3.18. The second-order valence-electron chi connectivity index (χ2n) is 8.29. The topological polar surface area (TPSA) is 75.4 Å². The molecule has 2 aromatic rings. The molecule has 0 saturated carbocycles. The van der Waals surface area contributed by atoms with Crippen LogP contribution in [0.5, 0.6) is 0 Å². The van der Waals surface area contributed by atoms with Gasteiger partial charge in [-0.15, -0.1) is 0 Å². The molecule has 0 saturated heterocycles. The predicted octanol–water partition coefficient (Wildman–Crippen LogP) is 3.81. The number of benzene rings is 2. The van der Waals surface area contributed by atoms with E-state index in [1.807, 2.05) is 54.3 Å². The average Bonchev–Trinajstić information content (AvgIpc) is 2.73. The van der Waals surface area contributed by atoms with Crippen LogP contribution >= 0.6 is 12.2 Å². The van der Waals surface area contributed by atoms with Crippen LogP contribution in [0.4, 0.5) is 0 Å². The molecule has 0 spiro atoms. The molecule has 5 nitrogen and oxygen atoms in total. The molecule has 166 valence electrons. The Morgan fingerprint density at radius 2 is 1.61 bits per heavy atom. The molecule has 0 fully saturated rings. The van der Waals surface area contributed by atoms with Gasteiger partial charge >= 0.3 is 0 Å². The van der Waals surface area contributed by atoms with E-state index < -0.39 is 5.91 Å². The molecule has 2 amide bonds. The summed E-state index contributed by atoms with van der Waals surface area (Å²) in [4.78, 5) is 25.9. The van der Waals surface area contributed by atoms with Crippen molar-refractivity contribution >= 4 is 29.1 Å². The van der Waals surface area contributed by atoms with Crippen molar-refractivity contribution in [3.05, 3.63) is 71.3 Å². The normalized spacial score (nSPS) is 11.7. The molecule has 2 aromatic carbocycles. The first-order valence-corrected chi connectivity index (χ1v) is 11.2. The molecule has 0 aliphatic rings. The number of hydrogen-bond acceptors (Lipinski definition) is 3. The Balaban J connectivity index is 1.99. The van der Waals surface area contributed by atoms with Crippen molar-refractivity contribution in [1.29, 1.82) is 0 Å². The van der Waals surface area contributed by atoms with Gasteiger partial charge in [-0.1, -0.05) is 68.4 Å². The van der Waals surface area contributed by atoms with E-state index in [1.165, 1.54) is 5.56 Å². The average molecular weight is 440 g/mol. The third-order valence-electron chi connectivity index (χ3n) is 5.18. The molecule has 3 N–H and O–H groups in total. The molecule has 1 atom stereocenters. The summed E-state index contributed by atoms with van der Waals surface area (Å²) in [6.07, 6.45) is 1.95. The van der Waals surface area contributed by atoms with E-state index in [1.54, 1.807) is 0 Å². The van der Waals surface area contributed by atoms with Crippen molar-refractivity contribution in [3.63, 3.8) is 0 Å². The quantitative estimate of drug-likeness (QED) is 0.552. The number of carbonyl (C=O) groups excluding carboxylic acids is 2. The van der Waals surface area contributed by atoms with Crippen molar-refractivity contribution in [2.75, 3.05) is 13.1 Å². The van der Waals surface area contributed by atoms with Crippen molar-refractivity contribution in [2.24, 2.45) is 11.7 Å². The highest BCUT2D eigenvalue weighted by Crippen LogP contribution is 2.18. The van der Waals surface area contributed by atoms with Crippen LogP contribution in [0.3, 0.4) is 0 Å². The summed E-state index contributed by atoms with van der Waals surface area (Å²) in [7, 11) is 0. The zero-order valence-corrected chi connectivity index (χ0v) is 19.5. The maximum absolute atomic E-state index is 12.8. The highest BCUT2D eigenvalue weighted by molar-refractivity contribution is 7.80. The molecular weight excluding hydrogens is 406 g/mol. The molecule has 2 rings (SSSR count). The van der Waals surface area contributed by atoms with E-state index in [-0.39, 0.29) is 18.2 Å². The summed E-state index contributed by atoms with van der Waals surface area (Å²) in [6, 6.07) is 18.2. The van der Waals surface area contributed by atoms with Gasteiger partial charge in [0.1, 0.15) is 0 Å². The van der Waals surface area contributed by atoms with Gasteiger partial charge in [-0.2, -0.15) is 0 Å². The maximum Gasteiger partial charge on any atom is 0.233 e. The Kier molecular flexibility index (Phi) is 9.66. The summed E-state index contributed by atoms with van der Waals surface area (Å²) < 4.78 is 0. The van der Waals surface area contributed by atoms with Crippen LogP contribution in [0.25, 0.3) is 0 Å². The van der Waals surface area contributed by atoms with Crippen LogP contribution in [0.15, 0.2) is 54.6 Å². The summed E-state index contributed by atoms with van der Waals surface area (Å²) >= 11 is 5.50. The SMILES string of the molecule is CC(C)Cc1ccc(C(C)C(=O)NC(=S)N(CCC(N)=O)CCc2ccccc2)cc1. The van der Waals surface area contributed by atoms with Crippen LogP contribution < -0.4 is 11.1 Å². The Morgan fingerprint density at radius 1 is 0.968 bits per heavy atom. The molecule has 0 bridgehead atoms. The van der Waals surface area contributed by atoms with Crippen molar-refractivity contribution in [1.82, 2.24) is 10.2 Å².